The van der Waals surface area contributed by atoms with Gasteiger partial charge in [-0.2, -0.15) is 0 Å². The van der Waals surface area contributed by atoms with Crippen LogP contribution in [-0.2, 0) is 5.41 Å². The summed E-state index contributed by atoms with van der Waals surface area (Å²) in [7, 11) is 0. The van der Waals surface area contributed by atoms with Gasteiger partial charge in [0.2, 0.25) is 0 Å². The van der Waals surface area contributed by atoms with Crippen molar-refractivity contribution >= 4 is 22.4 Å². The van der Waals surface area contributed by atoms with Crippen molar-refractivity contribution < 1.29 is 0 Å². The molecule has 7 rings (SSSR count). The van der Waals surface area contributed by atoms with E-state index in [1.165, 1.54) is 55.3 Å². The average Bonchev–Trinajstić information content (AvgIpc) is 3.24. The van der Waals surface area contributed by atoms with E-state index in [2.05, 4.69) is 97.1 Å². The van der Waals surface area contributed by atoms with Crippen LogP contribution in [0.15, 0.2) is 103 Å². The predicted molar refractivity (Wildman–Crippen MR) is 125 cm³/mol. The molecule has 0 heterocycles. The van der Waals surface area contributed by atoms with E-state index in [0.29, 0.717) is 0 Å². The molecule has 30 heavy (non-hydrogen) atoms. The van der Waals surface area contributed by atoms with Crippen molar-refractivity contribution in [3.63, 3.8) is 0 Å². The van der Waals surface area contributed by atoms with E-state index in [-0.39, 0.29) is 5.41 Å². The highest BCUT2D eigenvalue weighted by molar-refractivity contribution is 6.30. The molecule has 0 bridgehead atoms. The van der Waals surface area contributed by atoms with Gasteiger partial charge in [-0.05, 0) is 79.5 Å². The van der Waals surface area contributed by atoms with Crippen molar-refractivity contribution in [2.45, 2.75) is 5.41 Å². The third-order valence-electron chi connectivity index (χ3n) is 6.92. The lowest BCUT2D eigenvalue weighted by molar-refractivity contribution is 0.795. The van der Waals surface area contributed by atoms with E-state index in [4.69, 9.17) is 11.6 Å². The highest BCUT2D eigenvalue weighted by Gasteiger charge is 2.51. The molecule has 0 radical (unpaired) electrons. The Morgan fingerprint density at radius 2 is 0.967 bits per heavy atom. The molecule has 0 amide bonds. The van der Waals surface area contributed by atoms with E-state index < -0.39 is 0 Å². The van der Waals surface area contributed by atoms with E-state index in [1.807, 2.05) is 6.07 Å². The van der Waals surface area contributed by atoms with Gasteiger partial charge in [0, 0.05) is 5.02 Å². The number of fused-ring (bicyclic) bond motifs is 11. The second-order valence-corrected chi connectivity index (χ2v) is 8.71. The summed E-state index contributed by atoms with van der Waals surface area (Å²) in [5.41, 5.74) is 10.3. The van der Waals surface area contributed by atoms with E-state index in [9.17, 15) is 0 Å². The molecule has 0 unspecified atom stereocenters. The van der Waals surface area contributed by atoms with Crippen molar-refractivity contribution in [1.82, 2.24) is 0 Å². The summed E-state index contributed by atoms with van der Waals surface area (Å²) < 4.78 is 0. The SMILES string of the molecule is Clc1ccc2c(c1)C1(c3ccccc3-c3ccccc31)c1cc3ccccc3cc1-2. The molecule has 2 aliphatic rings. The van der Waals surface area contributed by atoms with Gasteiger partial charge in [-0.25, -0.2) is 0 Å². The normalized spacial score (nSPS) is 14.4. The molecule has 1 heteroatoms. The lowest BCUT2D eigenvalue weighted by atomic mass is 9.70. The number of hydrogen-bond acceptors (Lipinski definition) is 0. The summed E-state index contributed by atoms with van der Waals surface area (Å²) in [5, 5.41) is 3.33. The lowest BCUT2D eigenvalue weighted by Crippen LogP contribution is -2.25. The van der Waals surface area contributed by atoms with Crippen molar-refractivity contribution in [3.05, 3.63) is 130 Å². The quantitative estimate of drug-likeness (QED) is 0.243. The number of halogens is 1. The zero-order chi connectivity index (χ0) is 19.9. The van der Waals surface area contributed by atoms with Crippen molar-refractivity contribution in [2.24, 2.45) is 0 Å². The molecule has 0 atom stereocenters. The summed E-state index contributed by atoms with van der Waals surface area (Å²) >= 11 is 6.59. The second-order valence-electron chi connectivity index (χ2n) is 8.28. The van der Waals surface area contributed by atoms with Gasteiger partial charge in [0.05, 0.1) is 5.41 Å². The minimum atomic E-state index is -0.327. The Hall–Kier alpha value is -3.35. The maximum Gasteiger partial charge on any atom is 0.0726 e. The van der Waals surface area contributed by atoms with Crippen LogP contribution in [0.3, 0.4) is 0 Å². The molecule has 0 saturated heterocycles. The van der Waals surface area contributed by atoms with Crippen LogP contribution in [0.4, 0.5) is 0 Å². The first-order valence-electron chi connectivity index (χ1n) is 10.3. The first kappa shape index (κ1) is 16.4. The first-order chi connectivity index (χ1) is 14.8. The van der Waals surface area contributed by atoms with Gasteiger partial charge in [0.15, 0.2) is 0 Å². The summed E-state index contributed by atoms with van der Waals surface area (Å²) in [6.07, 6.45) is 0. The van der Waals surface area contributed by atoms with Gasteiger partial charge in [0.25, 0.3) is 0 Å². The van der Waals surface area contributed by atoms with E-state index >= 15 is 0 Å². The average molecular weight is 401 g/mol. The second kappa shape index (κ2) is 5.62. The first-order valence-corrected chi connectivity index (χ1v) is 10.7. The van der Waals surface area contributed by atoms with Gasteiger partial charge >= 0.3 is 0 Å². The number of rotatable bonds is 0. The van der Waals surface area contributed by atoms with Crippen molar-refractivity contribution in [1.29, 1.82) is 0 Å². The zero-order valence-electron chi connectivity index (χ0n) is 16.2. The van der Waals surface area contributed by atoms with Crippen LogP contribution in [0.25, 0.3) is 33.0 Å². The van der Waals surface area contributed by atoms with Gasteiger partial charge in [0.1, 0.15) is 0 Å². The van der Waals surface area contributed by atoms with Crippen molar-refractivity contribution in [2.75, 3.05) is 0 Å². The molecular weight excluding hydrogens is 384 g/mol. The smallest absolute Gasteiger partial charge is 0.0726 e. The van der Waals surface area contributed by atoms with Crippen LogP contribution < -0.4 is 0 Å². The third-order valence-corrected chi connectivity index (χ3v) is 7.15. The molecule has 1 spiro atoms. The highest BCUT2D eigenvalue weighted by atomic mass is 35.5. The van der Waals surface area contributed by atoms with Crippen LogP contribution in [0.5, 0.6) is 0 Å². The van der Waals surface area contributed by atoms with E-state index in [1.54, 1.807) is 0 Å². The molecule has 0 N–H and O–H groups in total. The fraction of sp³-hybridized carbons (Fsp3) is 0.0345. The Labute approximate surface area is 180 Å². The van der Waals surface area contributed by atoms with Gasteiger partial charge in [-0.3, -0.25) is 0 Å². The molecule has 5 aromatic carbocycles. The predicted octanol–water partition coefficient (Wildman–Crippen LogP) is 7.84. The van der Waals surface area contributed by atoms with Crippen LogP contribution in [0.2, 0.25) is 5.02 Å². The van der Waals surface area contributed by atoms with Crippen LogP contribution in [0, 0.1) is 0 Å². The molecule has 140 valence electrons. The Kier molecular flexibility index (Phi) is 3.08. The number of benzene rings is 5. The van der Waals surface area contributed by atoms with Crippen LogP contribution >= 0.6 is 11.6 Å². The monoisotopic (exact) mass is 400 g/mol. The van der Waals surface area contributed by atoms with Gasteiger partial charge < -0.3 is 0 Å². The molecule has 0 saturated carbocycles. The van der Waals surface area contributed by atoms with Gasteiger partial charge in [-0.15, -0.1) is 0 Å². The molecule has 0 fully saturated rings. The molecule has 5 aromatic rings. The Morgan fingerprint density at radius 1 is 0.433 bits per heavy atom. The van der Waals surface area contributed by atoms with Crippen LogP contribution in [-0.4, -0.2) is 0 Å². The summed E-state index contributed by atoms with van der Waals surface area (Å²) in [4.78, 5) is 0. The summed E-state index contributed by atoms with van der Waals surface area (Å²) in [5.74, 6) is 0. The molecule has 0 aromatic heterocycles. The minimum absolute atomic E-state index is 0.327. The Morgan fingerprint density at radius 3 is 1.67 bits per heavy atom. The lowest BCUT2D eigenvalue weighted by Gasteiger charge is -2.30. The fourth-order valence-electron chi connectivity index (χ4n) is 5.80. The molecular formula is C29H17Cl. The third kappa shape index (κ3) is 1.84. The Bertz CT molecular complexity index is 1460. The molecule has 0 nitrogen and oxygen atoms in total. The summed E-state index contributed by atoms with van der Waals surface area (Å²) in [6, 6.07) is 37.5. The standard InChI is InChI=1S/C29H17Cl/c30-20-13-14-23-24-15-18-7-1-2-8-19(18)16-27(24)29(28(23)17-20)25-11-5-3-9-21(25)22-10-4-6-12-26(22)29/h1-17H. The fourth-order valence-corrected chi connectivity index (χ4v) is 5.97. The topological polar surface area (TPSA) is 0 Å². The minimum Gasteiger partial charge on any atom is -0.0843 e. The zero-order valence-corrected chi connectivity index (χ0v) is 16.9. The maximum atomic E-state index is 6.59. The number of hydrogen-bond donors (Lipinski definition) is 0. The van der Waals surface area contributed by atoms with E-state index in [0.717, 1.165) is 5.02 Å². The molecule has 2 aliphatic carbocycles. The molecule has 0 aliphatic heterocycles. The van der Waals surface area contributed by atoms with Crippen LogP contribution in [0.1, 0.15) is 22.3 Å². The van der Waals surface area contributed by atoms with Gasteiger partial charge in [-0.1, -0.05) is 90.5 Å². The Balaban J connectivity index is 1.74. The maximum absolute atomic E-state index is 6.59. The summed E-state index contributed by atoms with van der Waals surface area (Å²) in [6.45, 7) is 0. The largest absolute Gasteiger partial charge is 0.0843 e. The highest BCUT2D eigenvalue weighted by Crippen LogP contribution is 2.63. The van der Waals surface area contributed by atoms with Crippen molar-refractivity contribution in [3.8, 4) is 22.3 Å².